The van der Waals surface area contributed by atoms with Crippen molar-refractivity contribution in [3.05, 3.63) is 29.8 Å². The van der Waals surface area contributed by atoms with E-state index in [9.17, 15) is 4.79 Å². The fraction of sp³-hybridized carbons (Fsp3) is 0.533. The van der Waals surface area contributed by atoms with E-state index in [4.69, 9.17) is 5.73 Å². The van der Waals surface area contributed by atoms with Gasteiger partial charge in [-0.1, -0.05) is 18.6 Å². The number of nitrogens with zero attached hydrogens (tertiary/aromatic N) is 1. The first-order chi connectivity index (χ1) is 8.72. The number of carbonyl (C=O) groups excluding carboxylic acids is 1. The number of rotatable bonds is 2. The monoisotopic (exact) mass is 244 g/mol. The van der Waals surface area contributed by atoms with Gasteiger partial charge < -0.3 is 10.6 Å². The molecule has 1 aliphatic carbocycles. The first-order valence-corrected chi connectivity index (χ1v) is 6.84. The summed E-state index contributed by atoms with van der Waals surface area (Å²) in [7, 11) is 0. The van der Waals surface area contributed by atoms with Gasteiger partial charge in [-0.25, -0.2) is 0 Å². The Hall–Kier alpha value is -1.51. The molecule has 1 heterocycles. The number of likely N-dealkylation sites (tertiary alicyclic amines) is 1. The molecule has 3 heteroatoms. The first kappa shape index (κ1) is 11.6. The van der Waals surface area contributed by atoms with Crippen LogP contribution in [0.4, 0.5) is 5.69 Å². The molecule has 2 N–H and O–H groups in total. The lowest BCUT2D eigenvalue weighted by molar-refractivity contribution is -0.129. The minimum Gasteiger partial charge on any atom is -0.399 e. The predicted molar refractivity (Wildman–Crippen MR) is 72.0 cm³/mol. The van der Waals surface area contributed by atoms with Gasteiger partial charge in [-0.3, -0.25) is 4.79 Å². The van der Waals surface area contributed by atoms with Crippen molar-refractivity contribution in [2.24, 2.45) is 11.8 Å². The molecule has 2 aliphatic rings. The molecule has 2 atom stereocenters. The van der Waals surface area contributed by atoms with Crippen LogP contribution in [0.1, 0.15) is 24.8 Å². The maximum Gasteiger partial charge on any atom is 0.227 e. The molecule has 3 rings (SSSR count). The molecule has 0 radical (unpaired) electrons. The highest BCUT2D eigenvalue weighted by Crippen LogP contribution is 2.37. The molecule has 1 aliphatic heterocycles. The number of hydrogen-bond acceptors (Lipinski definition) is 2. The van der Waals surface area contributed by atoms with Crippen LogP contribution in [0.15, 0.2) is 24.3 Å². The Balaban J connectivity index is 1.62. The van der Waals surface area contributed by atoms with Crippen LogP contribution < -0.4 is 5.73 Å². The summed E-state index contributed by atoms with van der Waals surface area (Å²) in [4.78, 5) is 14.3. The normalized spacial score (nSPS) is 26.3. The molecule has 1 aromatic carbocycles. The number of nitrogen functional groups attached to an aromatic ring is 1. The highest BCUT2D eigenvalue weighted by Gasteiger charge is 2.37. The van der Waals surface area contributed by atoms with Gasteiger partial charge in [0, 0.05) is 18.8 Å². The average molecular weight is 244 g/mol. The zero-order valence-electron chi connectivity index (χ0n) is 10.6. The third kappa shape index (κ3) is 2.22. The van der Waals surface area contributed by atoms with E-state index < -0.39 is 0 Å². The molecule has 0 bridgehead atoms. The molecular formula is C15H20N2O. The van der Waals surface area contributed by atoms with E-state index in [1.54, 1.807) is 0 Å². The van der Waals surface area contributed by atoms with Gasteiger partial charge in [0.1, 0.15) is 0 Å². The van der Waals surface area contributed by atoms with Gasteiger partial charge in [-0.05, 0) is 42.4 Å². The fourth-order valence-corrected chi connectivity index (χ4v) is 3.43. The van der Waals surface area contributed by atoms with Crippen molar-refractivity contribution < 1.29 is 4.79 Å². The summed E-state index contributed by atoms with van der Waals surface area (Å²) in [6.07, 6.45) is 4.47. The average Bonchev–Trinajstić information content (AvgIpc) is 2.88. The van der Waals surface area contributed by atoms with Crippen LogP contribution >= 0.6 is 0 Å². The largest absolute Gasteiger partial charge is 0.399 e. The van der Waals surface area contributed by atoms with Crippen molar-refractivity contribution >= 4 is 11.6 Å². The summed E-state index contributed by atoms with van der Waals surface area (Å²) in [5.41, 5.74) is 7.50. The third-order valence-corrected chi connectivity index (χ3v) is 4.39. The number of carbonyl (C=O) groups is 1. The van der Waals surface area contributed by atoms with E-state index in [1.807, 2.05) is 24.3 Å². The second-order valence-electron chi connectivity index (χ2n) is 5.67. The summed E-state index contributed by atoms with van der Waals surface area (Å²) < 4.78 is 0. The Kier molecular flexibility index (Phi) is 2.98. The maximum absolute atomic E-state index is 12.2. The molecule has 1 saturated heterocycles. The summed E-state index contributed by atoms with van der Waals surface area (Å²) in [6.45, 7) is 1.96. The predicted octanol–water partition coefficient (Wildman–Crippen LogP) is 2.07. The lowest BCUT2D eigenvalue weighted by atomic mass is 10.0. The van der Waals surface area contributed by atoms with Gasteiger partial charge in [0.25, 0.3) is 0 Å². The Morgan fingerprint density at radius 2 is 2.00 bits per heavy atom. The Labute approximate surface area is 108 Å². The van der Waals surface area contributed by atoms with Gasteiger partial charge in [0.2, 0.25) is 5.91 Å². The van der Waals surface area contributed by atoms with Crippen molar-refractivity contribution in [2.75, 3.05) is 18.8 Å². The molecule has 2 fully saturated rings. The summed E-state index contributed by atoms with van der Waals surface area (Å²) >= 11 is 0. The lowest BCUT2D eigenvalue weighted by Crippen LogP contribution is -2.30. The van der Waals surface area contributed by atoms with E-state index in [1.165, 1.54) is 19.3 Å². The summed E-state index contributed by atoms with van der Waals surface area (Å²) in [6, 6.07) is 7.64. The van der Waals surface area contributed by atoms with Crippen molar-refractivity contribution in [1.29, 1.82) is 0 Å². The molecule has 1 aromatic rings. The van der Waals surface area contributed by atoms with Gasteiger partial charge in [-0.15, -0.1) is 0 Å². The first-order valence-electron chi connectivity index (χ1n) is 6.84. The fourth-order valence-electron chi connectivity index (χ4n) is 3.43. The number of nitrogens with two attached hydrogens (primary N) is 1. The number of fused-ring (bicyclic) bond motifs is 1. The lowest BCUT2D eigenvalue weighted by Gasteiger charge is -2.17. The second-order valence-corrected chi connectivity index (χ2v) is 5.67. The standard InChI is InChI=1S/C15H20N2O/c16-14-6-1-3-11(7-14)8-15(18)17-9-12-4-2-5-13(12)10-17/h1,3,6-7,12-13H,2,4-5,8-10,16H2. The van der Waals surface area contributed by atoms with E-state index in [0.717, 1.165) is 36.2 Å². The van der Waals surface area contributed by atoms with Crippen molar-refractivity contribution in [2.45, 2.75) is 25.7 Å². The smallest absolute Gasteiger partial charge is 0.227 e. The molecule has 3 nitrogen and oxygen atoms in total. The summed E-state index contributed by atoms with van der Waals surface area (Å²) in [5.74, 6) is 1.81. The minimum absolute atomic E-state index is 0.259. The zero-order valence-corrected chi connectivity index (χ0v) is 10.6. The molecule has 18 heavy (non-hydrogen) atoms. The van der Waals surface area contributed by atoms with E-state index in [0.29, 0.717) is 6.42 Å². The van der Waals surface area contributed by atoms with Gasteiger partial charge >= 0.3 is 0 Å². The SMILES string of the molecule is Nc1cccc(CC(=O)N2CC3CCCC3C2)c1. The van der Waals surface area contributed by atoms with Crippen LogP contribution in [0.2, 0.25) is 0 Å². The van der Waals surface area contributed by atoms with Crippen LogP contribution in [-0.2, 0) is 11.2 Å². The van der Waals surface area contributed by atoms with E-state index in [2.05, 4.69) is 4.90 Å². The number of hydrogen-bond donors (Lipinski definition) is 1. The number of amides is 1. The molecule has 96 valence electrons. The van der Waals surface area contributed by atoms with Gasteiger partial charge in [0.15, 0.2) is 0 Å². The number of anilines is 1. The summed E-state index contributed by atoms with van der Waals surface area (Å²) in [5, 5.41) is 0. The van der Waals surface area contributed by atoms with Crippen LogP contribution in [0.3, 0.4) is 0 Å². The van der Waals surface area contributed by atoms with Crippen LogP contribution in [0, 0.1) is 11.8 Å². The molecule has 1 saturated carbocycles. The van der Waals surface area contributed by atoms with Gasteiger partial charge in [-0.2, -0.15) is 0 Å². The zero-order chi connectivity index (χ0) is 12.5. The molecule has 0 spiro atoms. The highest BCUT2D eigenvalue weighted by molar-refractivity contribution is 5.79. The highest BCUT2D eigenvalue weighted by atomic mass is 16.2. The topological polar surface area (TPSA) is 46.3 Å². The van der Waals surface area contributed by atoms with Crippen LogP contribution in [0.25, 0.3) is 0 Å². The third-order valence-electron chi connectivity index (χ3n) is 4.39. The minimum atomic E-state index is 0.259. The van der Waals surface area contributed by atoms with Crippen molar-refractivity contribution in [3.8, 4) is 0 Å². The van der Waals surface area contributed by atoms with Crippen molar-refractivity contribution in [3.63, 3.8) is 0 Å². The van der Waals surface area contributed by atoms with E-state index in [-0.39, 0.29) is 5.91 Å². The van der Waals surface area contributed by atoms with Gasteiger partial charge in [0.05, 0.1) is 6.42 Å². The second kappa shape index (κ2) is 4.63. The van der Waals surface area contributed by atoms with Crippen molar-refractivity contribution in [1.82, 2.24) is 4.90 Å². The molecule has 0 aromatic heterocycles. The maximum atomic E-state index is 12.2. The number of benzene rings is 1. The quantitative estimate of drug-likeness (QED) is 0.809. The van der Waals surface area contributed by atoms with Crippen LogP contribution in [0.5, 0.6) is 0 Å². The Morgan fingerprint density at radius 3 is 2.67 bits per heavy atom. The van der Waals surface area contributed by atoms with Crippen LogP contribution in [-0.4, -0.2) is 23.9 Å². The molecule has 2 unspecified atom stereocenters. The molecular weight excluding hydrogens is 224 g/mol. The Bertz CT molecular complexity index is 446. The van der Waals surface area contributed by atoms with E-state index >= 15 is 0 Å². The molecule has 1 amide bonds. The Morgan fingerprint density at radius 1 is 1.28 bits per heavy atom.